The van der Waals surface area contributed by atoms with E-state index in [1.165, 1.54) is 0 Å². The molecule has 1 amide bonds. The van der Waals surface area contributed by atoms with Crippen molar-refractivity contribution in [1.82, 2.24) is 24.6 Å². The van der Waals surface area contributed by atoms with Crippen LogP contribution in [0.2, 0.25) is 0 Å². The van der Waals surface area contributed by atoms with E-state index in [0.29, 0.717) is 23.6 Å². The number of nitrogens with one attached hydrogen (secondary N) is 1. The minimum absolute atomic E-state index is 0.0580. The monoisotopic (exact) mass is 364 g/mol. The van der Waals surface area contributed by atoms with Gasteiger partial charge in [0.15, 0.2) is 5.82 Å². The number of nitrogen functional groups attached to an aromatic ring is 1. The van der Waals surface area contributed by atoms with Crippen LogP contribution < -0.4 is 5.73 Å². The summed E-state index contributed by atoms with van der Waals surface area (Å²) in [6.07, 6.45) is 5.83. The van der Waals surface area contributed by atoms with Crippen molar-refractivity contribution in [3.8, 4) is 11.1 Å². The lowest BCUT2D eigenvalue weighted by molar-refractivity contribution is 0.0698. The number of amides is 1. The topological polar surface area (TPSA) is 92.8 Å². The van der Waals surface area contributed by atoms with Crippen LogP contribution in [0.25, 0.3) is 11.1 Å². The second-order valence-electron chi connectivity index (χ2n) is 6.89. The first kappa shape index (κ1) is 17.3. The van der Waals surface area contributed by atoms with E-state index >= 15 is 0 Å². The van der Waals surface area contributed by atoms with Crippen molar-refractivity contribution >= 4 is 11.7 Å². The zero-order valence-electron chi connectivity index (χ0n) is 15.4. The van der Waals surface area contributed by atoms with Gasteiger partial charge in [-0.15, -0.1) is 0 Å². The Morgan fingerprint density at radius 2 is 2.15 bits per heavy atom. The molecule has 3 aromatic rings. The van der Waals surface area contributed by atoms with E-state index in [1.807, 2.05) is 47.6 Å². The maximum absolute atomic E-state index is 13.2. The van der Waals surface area contributed by atoms with E-state index in [-0.39, 0.29) is 11.8 Å². The first-order chi connectivity index (χ1) is 13.2. The molecule has 7 nitrogen and oxygen atoms in total. The van der Waals surface area contributed by atoms with Gasteiger partial charge in [-0.05, 0) is 25.3 Å². The van der Waals surface area contributed by atoms with Crippen molar-refractivity contribution < 1.29 is 4.79 Å². The molecule has 1 fully saturated rings. The number of aromatic amines is 1. The smallest absolute Gasteiger partial charge is 0.272 e. The molecule has 3 N–H and O–H groups in total. The summed E-state index contributed by atoms with van der Waals surface area (Å²) >= 11 is 0. The molecule has 0 saturated carbocycles. The second kappa shape index (κ2) is 7.26. The fourth-order valence-electron chi connectivity index (χ4n) is 3.89. The summed E-state index contributed by atoms with van der Waals surface area (Å²) in [6.45, 7) is 4.38. The van der Waals surface area contributed by atoms with Crippen LogP contribution in [0.15, 0.2) is 42.7 Å². The average Bonchev–Trinajstić information content (AvgIpc) is 3.34. The normalized spacial score (nSPS) is 17.2. The van der Waals surface area contributed by atoms with Gasteiger partial charge in [0.25, 0.3) is 5.91 Å². The highest BCUT2D eigenvalue weighted by Gasteiger charge is 2.30. The molecule has 3 heterocycles. The van der Waals surface area contributed by atoms with Gasteiger partial charge in [0.1, 0.15) is 11.5 Å². The van der Waals surface area contributed by atoms with Crippen LogP contribution in [0.5, 0.6) is 0 Å². The van der Waals surface area contributed by atoms with Gasteiger partial charge in [-0.1, -0.05) is 30.3 Å². The fourth-order valence-corrected chi connectivity index (χ4v) is 3.89. The molecular weight excluding hydrogens is 340 g/mol. The molecule has 4 rings (SSSR count). The number of likely N-dealkylation sites (tertiary alicyclic amines) is 1. The molecule has 1 aliphatic heterocycles. The highest BCUT2D eigenvalue weighted by Crippen LogP contribution is 2.31. The van der Waals surface area contributed by atoms with Crippen LogP contribution in [-0.4, -0.2) is 43.6 Å². The summed E-state index contributed by atoms with van der Waals surface area (Å²) < 4.78 is 2.15. The number of benzene rings is 1. The summed E-state index contributed by atoms with van der Waals surface area (Å²) in [5.74, 6) is 1.59. The number of H-pyrrole nitrogens is 1. The van der Waals surface area contributed by atoms with Gasteiger partial charge in [0.2, 0.25) is 0 Å². The molecule has 1 atom stereocenters. The Hall–Kier alpha value is -3.09. The molecule has 0 spiro atoms. The van der Waals surface area contributed by atoms with Gasteiger partial charge >= 0.3 is 0 Å². The van der Waals surface area contributed by atoms with Crippen molar-refractivity contribution in [2.45, 2.75) is 32.2 Å². The summed E-state index contributed by atoms with van der Waals surface area (Å²) in [7, 11) is 0. The van der Waals surface area contributed by atoms with E-state index in [0.717, 1.165) is 37.3 Å². The number of hydrogen-bond donors (Lipinski definition) is 2. The van der Waals surface area contributed by atoms with E-state index in [4.69, 9.17) is 5.73 Å². The molecule has 140 valence electrons. The number of anilines is 1. The van der Waals surface area contributed by atoms with Crippen molar-refractivity contribution in [3.05, 3.63) is 54.2 Å². The third kappa shape index (κ3) is 3.20. The molecule has 0 aliphatic carbocycles. The van der Waals surface area contributed by atoms with Crippen LogP contribution in [0.4, 0.5) is 5.82 Å². The highest BCUT2D eigenvalue weighted by molar-refractivity contribution is 6.01. The molecule has 0 radical (unpaired) electrons. The van der Waals surface area contributed by atoms with Crippen LogP contribution in [0.3, 0.4) is 0 Å². The van der Waals surface area contributed by atoms with Gasteiger partial charge in [0.05, 0.1) is 5.56 Å². The van der Waals surface area contributed by atoms with Crippen molar-refractivity contribution in [3.63, 3.8) is 0 Å². The predicted octanol–water partition coefficient (Wildman–Crippen LogP) is 2.90. The standard InChI is InChI=1S/C20H24N6O/c1-2-25-12-10-22-19(25)15-9-6-11-26(13-15)20(27)17-16(18(21)24-23-17)14-7-4-3-5-8-14/h3-5,7-8,10,12,15H,2,6,9,11,13H2,1H3,(H3,21,23,24). The first-order valence-corrected chi connectivity index (χ1v) is 9.38. The first-order valence-electron chi connectivity index (χ1n) is 9.38. The molecule has 0 bridgehead atoms. The average molecular weight is 364 g/mol. The molecular formula is C20H24N6O. The number of carbonyl (C=O) groups is 1. The minimum atomic E-state index is -0.0580. The number of rotatable bonds is 4. The maximum Gasteiger partial charge on any atom is 0.272 e. The number of piperidine rings is 1. The van der Waals surface area contributed by atoms with Crippen LogP contribution in [-0.2, 0) is 6.54 Å². The molecule has 27 heavy (non-hydrogen) atoms. The Balaban J connectivity index is 1.60. The molecule has 7 heteroatoms. The van der Waals surface area contributed by atoms with Crippen LogP contribution in [0.1, 0.15) is 42.0 Å². The number of carbonyl (C=O) groups excluding carboxylic acids is 1. The minimum Gasteiger partial charge on any atom is -0.382 e. The summed E-state index contributed by atoms with van der Waals surface area (Å²) in [6, 6.07) is 9.67. The number of imidazole rings is 1. The Morgan fingerprint density at radius 3 is 2.93 bits per heavy atom. The predicted molar refractivity (Wildman–Crippen MR) is 104 cm³/mol. The van der Waals surface area contributed by atoms with Crippen LogP contribution in [0, 0.1) is 0 Å². The van der Waals surface area contributed by atoms with Gasteiger partial charge in [-0.2, -0.15) is 5.10 Å². The molecule has 1 aliphatic rings. The largest absolute Gasteiger partial charge is 0.382 e. The second-order valence-corrected chi connectivity index (χ2v) is 6.89. The Morgan fingerprint density at radius 1 is 1.33 bits per heavy atom. The maximum atomic E-state index is 13.2. The SMILES string of the molecule is CCn1ccnc1C1CCCN(C(=O)c2[nH]nc(N)c2-c2ccccc2)C1. The Labute approximate surface area is 158 Å². The van der Waals surface area contributed by atoms with Gasteiger partial charge in [-0.3, -0.25) is 9.89 Å². The quantitative estimate of drug-likeness (QED) is 0.744. The summed E-state index contributed by atoms with van der Waals surface area (Å²) in [5.41, 5.74) is 8.08. The number of aryl methyl sites for hydroxylation is 1. The zero-order chi connectivity index (χ0) is 18.8. The highest BCUT2D eigenvalue weighted by atomic mass is 16.2. The van der Waals surface area contributed by atoms with E-state index in [9.17, 15) is 4.79 Å². The van der Waals surface area contributed by atoms with E-state index in [1.54, 1.807) is 0 Å². The number of nitrogens with two attached hydrogens (primary N) is 1. The lowest BCUT2D eigenvalue weighted by Crippen LogP contribution is -2.40. The number of hydrogen-bond acceptors (Lipinski definition) is 4. The fraction of sp³-hybridized carbons (Fsp3) is 0.350. The zero-order valence-corrected chi connectivity index (χ0v) is 15.4. The molecule has 2 aromatic heterocycles. The molecule has 1 aromatic carbocycles. The Bertz CT molecular complexity index is 929. The summed E-state index contributed by atoms with van der Waals surface area (Å²) in [4.78, 5) is 19.7. The van der Waals surface area contributed by atoms with Crippen molar-refractivity contribution in [2.24, 2.45) is 0 Å². The van der Waals surface area contributed by atoms with Gasteiger partial charge in [-0.25, -0.2) is 4.98 Å². The molecule has 1 saturated heterocycles. The van der Waals surface area contributed by atoms with Crippen LogP contribution >= 0.6 is 0 Å². The van der Waals surface area contributed by atoms with E-state index < -0.39 is 0 Å². The third-order valence-corrected chi connectivity index (χ3v) is 5.23. The van der Waals surface area contributed by atoms with Gasteiger partial charge in [0, 0.05) is 37.9 Å². The third-order valence-electron chi connectivity index (χ3n) is 5.23. The van der Waals surface area contributed by atoms with Crippen molar-refractivity contribution in [1.29, 1.82) is 0 Å². The molecule has 1 unspecified atom stereocenters. The van der Waals surface area contributed by atoms with Crippen molar-refractivity contribution in [2.75, 3.05) is 18.8 Å². The number of aromatic nitrogens is 4. The lowest BCUT2D eigenvalue weighted by atomic mass is 9.96. The summed E-state index contributed by atoms with van der Waals surface area (Å²) in [5, 5.41) is 6.95. The number of nitrogens with zero attached hydrogens (tertiary/aromatic N) is 4. The Kier molecular flexibility index (Phi) is 4.66. The van der Waals surface area contributed by atoms with E-state index in [2.05, 4.69) is 26.7 Å². The lowest BCUT2D eigenvalue weighted by Gasteiger charge is -2.32. The van der Waals surface area contributed by atoms with Gasteiger partial charge < -0.3 is 15.2 Å².